The standard InChI is InChI=1S/C17H15NO6/c1-10-2-3-11(6-13(10)19)17(21)22-8-16(20)18-12-4-5-14-15(7-12)24-9-23-14/h2-7,19H,8-9H2,1H3,(H,18,20). The molecule has 1 aliphatic heterocycles. The summed E-state index contributed by atoms with van der Waals surface area (Å²) < 4.78 is 15.3. The van der Waals surface area contributed by atoms with Crippen LogP contribution in [0.1, 0.15) is 15.9 Å². The maximum absolute atomic E-state index is 11.9. The first kappa shape index (κ1) is 15.7. The first-order chi connectivity index (χ1) is 11.5. The molecule has 0 atom stereocenters. The number of benzene rings is 2. The second kappa shape index (κ2) is 6.49. The number of amides is 1. The molecule has 0 bridgehead atoms. The van der Waals surface area contributed by atoms with E-state index in [0.29, 0.717) is 22.7 Å². The molecule has 0 aromatic heterocycles. The van der Waals surface area contributed by atoms with Gasteiger partial charge in [-0.05, 0) is 36.8 Å². The minimum atomic E-state index is -0.689. The van der Waals surface area contributed by atoms with Crippen molar-refractivity contribution in [1.29, 1.82) is 0 Å². The highest BCUT2D eigenvalue weighted by Gasteiger charge is 2.15. The van der Waals surface area contributed by atoms with Crippen molar-refractivity contribution in [2.24, 2.45) is 0 Å². The number of aromatic hydroxyl groups is 1. The van der Waals surface area contributed by atoms with E-state index < -0.39 is 18.5 Å². The average Bonchev–Trinajstić information content (AvgIpc) is 3.03. The molecule has 0 saturated carbocycles. The number of rotatable bonds is 4. The van der Waals surface area contributed by atoms with Gasteiger partial charge in [0, 0.05) is 11.8 Å². The Morgan fingerprint density at radius 1 is 1.17 bits per heavy atom. The highest BCUT2D eigenvalue weighted by Crippen LogP contribution is 2.34. The molecule has 1 aliphatic rings. The molecule has 2 aromatic carbocycles. The van der Waals surface area contributed by atoms with Crippen LogP contribution in [0, 0.1) is 6.92 Å². The lowest BCUT2D eigenvalue weighted by Gasteiger charge is -2.08. The van der Waals surface area contributed by atoms with Crippen LogP contribution in [-0.2, 0) is 9.53 Å². The fourth-order valence-electron chi connectivity index (χ4n) is 2.12. The Morgan fingerprint density at radius 3 is 2.75 bits per heavy atom. The number of aryl methyl sites for hydroxylation is 1. The number of nitrogens with one attached hydrogen (secondary N) is 1. The van der Waals surface area contributed by atoms with Crippen LogP contribution in [0.2, 0.25) is 0 Å². The van der Waals surface area contributed by atoms with E-state index in [2.05, 4.69) is 5.32 Å². The zero-order valence-corrected chi connectivity index (χ0v) is 12.9. The van der Waals surface area contributed by atoms with Gasteiger partial charge >= 0.3 is 5.97 Å². The van der Waals surface area contributed by atoms with E-state index in [1.54, 1.807) is 31.2 Å². The fraction of sp³-hybridized carbons (Fsp3) is 0.176. The van der Waals surface area contributed by atoms with Crippen LogP contribution < -0.4 is 14.8 Å². The summed E-state index contributed by atoms with van der Waals surface area (Å²) in [5.74, 6) is -0.0301. The van der Waals surface area contributed by atoms with Gasteiger partial charge in [-0.1, -0.05) is 6.07 Å². The van der Waals surface area contributed by atoms with E-state index >= 15 is 0 Å². The molecule has 1 heterocycles. The molecular formula is C17H15NO6. The van der Waals surface area contributed by atoms with Crippen LogP contribution in [0.5, 0.6) is 17.2 Å². The molecule has 0 saturated heterocycles. The largest absolute Gasteiger partial charge is 0.508 e. The van der Waals surface area contributed by atoms with Crippen LogP contribution >= 0.6 is 0 Å². The zero-order chi connectivity index (χ0) is 17.1. The van der Waals surface area contributed by atoms with Gasteiger partial charge in [0.25, 0.3) is 5.91 Å². The third kappa shape index (κ3) is 3.40. The molecule has 0 unspecified atom stereocenters. The van der Waals surface area contributed by atoms with Crippen molar-refractivity contribution >= 4 is 17.6 Å². The van der Waals surface area contributed by atoms with Crippen molar-refractivity contribution in [2.45, 2.75) is 6.92 Å². The third-order valence-corrected chi connectivity index (χ3v) is 3.44. The summed E-state index contributed by atoms with van der Waals surface area (Å²) in [6, 6.07) is 9.38. The number of ether oxygens (including phenoxy) is 3. The molecule has 0 radical (unpaired) electrons. The Morgan fingerprint density at radius 2 is 1.96 bits per heavy atom. The van der Waals surface area contributed by atoms with Gasteiger partial charge in [0.05, 0.1) is 5.56 Å². The van der Waals surface area contributed by atoms with Gasteiger partial charge in [-0.15, -0.1) is 0 Å². The summed E-state index contributed by atoms with van der Waals surface area (Å²) in [7, 11) is 0. The van der Waals surface area contributed by atoms with Gasteiger partial charge in [-0.3, -0.25) is 4.79 Å². The lowest BCUT2D eigenvalue weighted by molar-refractivity contribution is -0.119. The number of hydrogen-bond acceptors (Lipinski definition) is 6. The number of esters is 1. The van der Waals surface area contributed by atoms with E-state index in [1.165, 1.54) is 12.1 Å². The van der Waals surface area contributed by atoms with Gasteiger partial charge in [0.15, 0.2) is 18.1 Å². The van der Waals surface area contributed by atoms with Crippen molar-refractivity contribution in [3.05, 3.63) is 47.5 Å². The van der Waals surface area contributed by atoms with E-state index in [9.17, 15) is 14.7 Å². The van der Waals surface area contributed by atoms with Crippen molar-refractivity contribution in [1.82, 2.24) is 0 Å². The van der Waals surface area contributed by atoms with E-state index in [0.717, 1.165) is 0 Å². The molecule has 3 rings (SSSR count). The van der Waals surface area contributed by atoms with Crippen LogP contribution in [0.15, 0.2) is 36.4 Å². The van der Waals surface area contributed by atoms with Gasteiger partial charge < -0.3 is 24.6 Å². The van der Waals surface area contributed by atoms with Gasteiger partial charge in [-0.2, -0.15) is 0 Å². The predicted octanol–water partition coefficient (Wildman–Crippen LogP) is 2.22. The summed E-state index contributed by atoms with van der Waals surface area (Å²) in [6.07, 6.45) is 0. The zero-order valence-electron chi connectivity index (χ0n) is 12.9. The maximum Gasteiger partial charge on any atom is 0.338 e. The molecule has 7 nitrogen and oxygen atoms in total. The summed E-state index contributed by atoms with van der Waals surface area (Å²) >= 11 is 0. The minimum absolute atomic E-state index is 0.00531. The Hall–Kier alpha value is -3.22. The third-order valence-electron chi connectivity index (χ3n) is 3.44. The molecule has 124 valence electrons. The molecule has 24 heavy (non-hydrogen) atoms. The number of hydrogen-bond donors (Lipinski definition) is 2. The summed E-state index contributed by atoms with van der Waals surface area (Å²) in [6.45, 7) is 1.42. The number of phenolic OH excluding ortho intramolecular Hbond substituents is 1. The Bertz CT molecular complexity index is 802. The number of anilines is 1. The molecule has 2 aromatic rings. The topological polar surface area (TPSA) is 94.1 Å². The molecular weight excluding hydrogens is 314 g/mol. The molecule has 7 heteroatoms. The fourth-order valence-corrected chi connectivity index (χ4v) is 2.12. The minimum Gasteiger partial charge on any atom is -0.508 e. The van der Waals surface area contributed by atoms with E-state index in [-0.39, 0.29) is 18.1 Å². The predicted molar refractivity (Wildman–Crippen MR) is 84.3 cm³/mol. The molecule has 1 amide bonds. The normalized spacial score (nSPS) is 11.9. The van der Waals surface area contributed by atoms with Crippen molar-refractivity contribution in [2.75, 3.05) is 18.7 Å². The average molecular weight is 329 g/mol. The van der Waals surface area contributed by atoms with E-state index in [4.69, 9.17) is 14.2 Å². The van der Waals surface area contributed by atoms with Gasteiger partial charge in [0.2, 0.25) is 6.79 Å². The second-order valence-corrected chi connectivity index (χ2v) is 5.19. The van der Waals surface area contributed by atoms with Crippen LogP contribution in [-0.4, -0.2) is 30.4 Å². The Balaban J connectivity index is 1.55. The van der Waals surface area contributed by atoms with Crippen LogP contribution in [0.4, 0.5) is 5.69 Å². The number of phenols is 1. The summed E-state index contributed by atoms with van der Waals surface area (Å²) in [5, 5.41) is 12.2. The first-order valence-corrected chi connectivity index (χ1v) is 7.19. The lowest BCUT2D eigenvalue weighted by Crippen LogP contribution is -2.20. The van der Waals surface area contributed by atoms with Crippen LogP contribution in [0.3, 0.4) is 0 Å². The highest BCUT2D eigenvalue weighted by molar-refractivity contribution is 5.95. The van der Waals surface area contributed by atoms with Crippen molar-refractivity contribution < 1.29 is 28.9 Å². The summed E-state index contributed by atoms with van der Waals surface area (Å²) in [4.78, 5) is 23.7. The molecule has 2 N–H and O–H groups in total. The second-order valence-electron chi connectivity index (χ2n) is 5.19. The summed E-state index contributed by atoms with van der Waals surface area (Å²) in [5.41, 5.74) is 1.33. The monoisotopic (exact) mass is 329 g/mol. The first-order valence-electron chi connectivity index (χ1n) is 7.19. The maximum atomic E-state index is 11.9. The van der Waals surface area contributed by atoms with Gasteiger partial charge in [-0.25, -0.2) is 4.79 Å². The van der Waals surface area contributed by atoms with Crippen molar-refractivity contribution in [3.8, 4) is 17.2 Å². The molecule has 0 aliphatic carbocycles. The number of carbonyl (C=O) groups excluding carboxylic acids is 2. The van der Waals surface area contributed by atoms with Crippen LogP contribution in [0.25, 0.3) is 0 Å². The Kier molecular flexibility index (Phi) is 4.24. The molecule has 0 spiro atoms. The SMILES string of the molecule is Cc1ccc(C(=O)OCC(=O)Nc2ccc3c(c2)OCO3)cc1O. The quantitative estimate of drug-likeness (QED) is 0.835. The smallest absolute Gasteiger partial charge is 0.338 e. The number of fused-ring (bicyclic) bond motifs is 1. The van der Waals surface area contributed by atoms with Gasteiger partial charge in [0.1, 0.15) is 5.75 Å². The van der Waals surface area contributed by atoms with Crippen molar-refractivity contribution in [3.63, 3.8) is 0 Å². The lowest BCUT2D eigenvalue weighted by atomic mass is 10.1. The molecule has 0 fully saturated rings. The highest BCUT2D eigenvalue weighted by atomic mass is 16.7. The Labute approximate surface area is 137 Å². The number of carbonyl (C=O) groups is 2. The van der Waals surface area contributed by atoms with E-state index in [1.807, 2.05) is 0 Å².